The van der Waals surface area contributed by atoms with E-state index in [1.807, 2.05) is 0 Å². The lowest BCUT2D eigenvalue weighted by atomic mass is 10.5. The fourth-order valence-electron chi connectivity index (χ4n) is 1.03. The molecule has 1 fully saturated rings. The van der Waals surface area contributed by atoms with Crippen molar-refractivity contribution in [1.29, 1.82) is 0 Å². The van der Waals surface area contributed by atoms with Crippen LogP contribution in [0.3, 0.4) is 0 Å². The van der Waals surface area contributed by atoms with Gasteiger partial charge in [0.05, 0.1) is 5.75 Å². The molecule has 0 aromatic carbocycles. The Morgan fingerprint density at radius 2 is 2.33 bits per heavy atom. The van der Waals surface area contributed by atoms with Gasteiger partial charge in [0, 0.05) is 13.1 Å². The van der Waals surface area contributed by atoms with Crippen molar-refractivity contribution in [3.8, 4) is 0 Å². The van der Waals surface area contributed by atoms with Crippen molar-refractivity contribution in [3.63, 3.8) is 0 Å². The minimum absolute atomic E-state index is 0.175. The first kappa shape index (κ1) is 11.5. The summed E-state index contributed by atoms with van der Waals surface area (Å²) in [6, 6.07) is 0. The normalized spacial score (nSPS) is 15.3. The van der Waals surface area contributed by atoms with Gasteiger partial charge >= 0.3 is 0 Å². The number of thioether (sulfide) groups is 1. The van der Waals surface area contributed by atoms with Gasteiger partial charge in [0.1, 0.15) is 0 Å². The summed E-state index contributed by atoms with van der Waals surface area (Å²) >= 11 is 0.959. The van der Waals surface area contributed by atoms with Crippen molar-refractivity contribution in [2.24, 2.45) is 0 Å². The van der Waals surface area contributed by atoms with Crippen molar-refractivity contribution in [2.45, 2.75) is 0 Å². The molecule has 0 atom stereocenters. The fourth-order valence-corrected chi connectivity index (χ4v) is 1.78. The zero-order valence-corrected chi connectivity index (χ0v) is 8.67. The SMILES string of the molecule is [C-]#[N+]CC(=O)NCCN1C(=O)CSC1=O. The average molecular weight is 227 g/mol. The first-order valence-electron chi connectivity index (χ1n) is 4.22. The van der Waals surface area contributed by atoms with Gasteiger partial charge in [0.25, 0.3) is 17.7 Å². The number of nitrogens with zero attached hydrogens (tertiary/aromatic N) is 2. The summed E-state index contributed by atoms with van der Waals surface area (Å²) in [5, 5.41) is 2.17. The van der Waals surface area contributed by atoms with Gasteiger partial charge in [0.15, 0.2) is 0 Å². The molecular weight excluding hydrogens is 218 g/mol. The highest BCUT2D eigenvalue weighted by atomic mass is 32.2. The van der Waals surface area contributed by atoms with Gasteiger partial charge in [-0.3, -0.25) is 19.3 Å². The van der Waals surface area contributed by atoms with Crippen LogP contribution in [0.2, 0.25) is 0 Å². The second-order valence-corrected chi connectivity index (χ2v) is 3.69. The van der Waals surface area contributed by atoms with Crippen LogP contribution in [0.5, 0.6) is 0 Å². The third-order valence-corrected chi connectivity index (χ3v) is 2.58. The largest absolute Gasteiger partial charge is 0.348 e. The van der Waals surface area contributed by atoms with E-state index in [1.54, 1.807) is 0 Å². The maximum atomic E-state index is 11.1. The standard InChI is InChI=1S/C8H9N3O3S/c1-9-4-6(12)10-2-3-11-7(13)5-15-8(11)14/h2-5H2,(H,10,12). The van der Waals surface area contributed by atoms with Crippen LogP contribution in [0.25, 0.3) is 4.85 Å². The highest BCUT2D eigenvalue weighted by Crippen LogP contribution is 2.17. The fraction of sp³-hybridized carbons (Fsp3) is 0.500. The minimum Gasteiger partial charge on any atom is -0.348 e. The number of carbonyl (C=O) groups excluding carboxylic acids is 3. The van der Waals surface area contributed by atoms with E-state index >= 15 is 0 Å². The Bertz CT molecular complexity index is 321. The molecule has 0 aromatic heterocycles. The summed E-state index contributed by atoms with van der Waals surface area (Å²) in [4.78, 5) is 37.1. The van der Waals surface area contributed by atoms with Gasteiger partial charge in [-0.1, -0.05) is 11.8 Å². The summed E-state index contributed by atoms with van der Waals surface area (Å²) in [7, 11) is 0. The van der Waals surface area contributed by atoms with Crippen LogP contribution >= 0.6 is 11.8 Å². The average Bonchev–Trinajstić information content (AvgIpc) is 2.49. The van der Waals surface area contributed by atoms with Crippen molar-refractivity contribution in [3.05, 3.63) is 11.4 Å². The summed E-state index contributed by atoms with van der Waals surface area (Å²) in [6.45, 7) is 6.59. The second kappa shape index (κ2) is 5.36. The zero-order valence-electron chi connectivity index (χ0n) is 7.86. The van der Waals surface area contributed by atoms with Crippen molar-refractivity contribution in [2.75, 3.05) is 25.4 Å². The van der Waals surface area contributed by atoms with E-state index in [-0.39, 0.29) is 36.5 Å². The quantitative estimate of drug-likeness (QED) is 0.670. The third kappa shape index (κ3) is 3.25. The van der Waals surface area contributed by atoms with Crippen LogP contribution in [0.15, 0.2) is 0 Å². The topological polar surface area (TPSA) is 70.8 Å². The Hall–Kier alpha value is -1.55. The summed E-state index contributed by atoms with van der Waals surface area (Å²) in [5.74, 6) is -0.448. The molecule has 80 valence electrons. The van der Waals surface area contributed by atoms with Crippen LogP contribution in [-0.2, 0) is 9.59 Å². The molecule has 0 unspecified atom stereocenters. The molecule has 0 aromatic rings. The number of hydrogen-bond acceptors (Lipinski definition) is 4. The molecule has 1 rings (SSSR count). The number of hydrogen-bond donors (Lipinski definition) is 1. The predicted octanol–water partition coefficient (Wildman–Crippen LogP) is -0.283. The Balaban J connectivity index is 2.26. The molecule has 6 nitrogen and oxygen atoms in total. The Morgan fingerprint density at radius 1 is 1.60 bits per heavy atom. The Kier molecular flexibility index (Phi) is 4.12. The number of rotatable bonds is 4. The van der Waals surface area contributed by atoms with E-state index in [2.05, 4.69) is 10.2 Å². The van der Waals surface area contributed by atoms with Gasteiger partial charge < -0.3 is 10.2 Å². The molecular formula is C8H9N3O3S. The van der Waals surface area contributed by atoms with E-state index in [1.165, 1.54) is 0 Å². The molecule has 1 aliphatic rings. The van der Waals surface area contributed by atoms with Gasteiger partial charge in [-0.2, -0.15) is 0 Å². The monoisotopic (exact) mass is 227 g/mol. The second-order valence-electron chi connectivity index (χ2n) is 2.77. The highest BCUT2D eigenvalue weighted by molar-refractivity contribution is 8.14. The van der Waals surface area contributed by atoms with Crippen LogP contribution in [-0.4, -0.2) is 47.3 Å². The molecule has 7 heteroatoms. The molecule has 1 aliphatic heterocycles. The number of amides is 3. The third-order valence-electron chi connectivity index (χ3n) is 1.72. The van der Waals surface area contributed by atoms with Crippen LogP contribution in [0.1, 0.15) is 0 Å². The molecule has 1 N–H and O–H groups in total. The van der Waals surface area contributed by atoms with Crippen LogP contribution in [0.4, 0.5) is 4.79 Å². The van der Waals surface area contributed by atoms with Gasteiger partial charge in [-0.25, -0.2) is 6.57 Å². The van der Waals surface area contributed by atoms with Crippen LogP contribution in [0, 0.1) is 6.57 Å². The van der Waals surface area contributed by atoms with Gasteiger partial charge in [0.2, 0.25) is 5.91 Å². The maximum Gasteiger partial charge on any atom is 0.300 e. The Labute approximate surface area is 90.8 Å². The number of imide groups is 1. The number of carbonyl (C=O) groups is 3. The van der Waals surface area contributed by atoms with Gasteiger partial charge in [-0.15, -0.1) is 0 Å². The molecule has 3 amide bonds. The Morgan fingerprint density at radius 3 is 2.87 bits per heavy atom. The zero-order chi connectivity index (χ0) is 11.3. The minimum atomic E-state index is -0.392. The van der Waals surface area contributed by atoms with Crippen LogP contribution < -0.4 is 5.32 Å². The summed E-state index contributed by atoms with van der Waals surface area (Å²) < 4.78 is 0. The lowest BCUT2D eigenvalue weighted by molar-refractivity contribution is -0.125. The van der Waals surface area contributed by atoms with E-state index in [0.717, 1.165) is 16.7 Å². The maximum absolute atomic E-state index is 11.1. The molecule has 0 saturated carbocycles. The van der Waals surface area contributed by atoms with E-state index in [0.29, 0.717) is 0 Å². The van der Waals surface area contributed by atoms with E-state index in [4.69, 9.17) is 6.57 Å². The predicted molar refractivity (Wildman–Crippen MR) is 54.0 cm³/mol. The summed E-state index contributed by atoms with van der Waals surface area (Å²) in [5.41, 5.74) is 0. The lowest BCUT2D eigenvalue weighted by Crippen LogP contribution is -2.38. The molecule has 0 radical (unpaired) electrons. The lowest BCUT2D eigenvalue weighted by Gasteiger charge is -2.11. The molecule has 1 heterocycles. The molecule has 0 bridgehead atoms. The molecule has 1 saturated heterocycles. The van der Waals surface area contributed by atoms with Crippen molar-refractivity contribution in [1.82, 2.24) is 10.2 Å². The highest BCUT2D eigenvalue weighted by Gasteiger charge is 2.29. The van der Waals surface area contributed by atoms with Crippen molar-refractivity contribution >= 4 is 28.8 Å². The van der Waals surface area contributed by atoms with E-state index < -0.39 is 5.91 Å². The first-order valence-corrected chi connectivity index (χ1v) is 5.20. The molecule has 0 aliphatic carbocycles. The van der Waals surface area contributed by atoms with Gasteiger partial charge in [-0.05, 0) is 0 Å². The summed E-state index contributed by atoms with van der Waals surface area (Å²) in [6.07, 6.45) is 0. The van der Waals surface area contributed by atoms with E-state index in [9.17, 15) is 14.4 Å². The molecule has 15 heavy (non-hydrogen) atoms. The number of nitrogens with one attached hydrogen (secondary N) is 1. The first-order chi connectivity index (χ1) is 7.15. The smallest absolute Gasteiger partial charge is 0.300 e. The molecule has 0 spiro atoms. The van der Waals surface area contributed by atoms with Crippen molar-refractivity contribution < 1.29 is 14.4 Å².